The van der Waals surface area contributed by atoms with Crippen LogP contribution < -0.4 is 16.4 Å². The van der Waals surface area contributed by atoms with E-state index in [9.17, 15) is 24.0 Å². The number of carbonyl (C=O) groups excluding carboxylic acids is 4. The number of imide groups is 1. The smallest absolute Gasteiger partial charge is 0.326 e. The molecule has 104 valence electrons. The average molecular weight is 272 g/mol. The zero-order valence-corrected chi connectivity index (χ0v) is 9.71. The monoisotopic (exact) mass is 272 g/mol. The van der Waals surface area contributed by atoms with Crippen LogP contribution in [0.5, 0.6) is 0 Å². The minimum Gasteiger partial charge on any atom is -0.480 e. The van der Waals surface area contributed by atoms with Crippen LogP contribution in [0.15, 0.2) is 0 Å². The first-order chi connectivity index (χ1) is 8.79. The molecule has 0 spiro atoms. The molecule has 1 aliphatic heterocycles. The SMILES string of the molecule is NC(=O)CC(NC(=O)N1CC(=O)NC(=O)C1)C(=O)O. The Hall–Kier alpha value is -2.65. The van der Waals surface area contributed by atoms with E-state index < -0.39 is 42.2 Å². The van der Waals surface area contributed by atoms with Crippen LogP contribution >= 0.6 is 0 Å². The average Bonchev–Trinajstić information content (AvgIpc) is 2.25. The van der Waals surface area contributed by atoms with Gasteiger partial charge in [-0.05, 0) is 0 Å². The Labute approximate surface area is 106 Å². The Morgan fingerprint density at radius 1 is 1.32 bits per heavy atom. The lowest BCUT2D eigenvalue weighted by atomic mass is 10.2. The third-order valence-corrected chi connectivity index (χ3v) is 2.24. The Morgan fingerprint density at radius 2 is 1.84 bits per heavy atom. The van der Waals surface area contributed by atoms with E-state index in [-0.39, 0.29) is 13.1 Å². The number of nitrogens with one attached hydrogen (secondary N) is 2. The third-order valence-electron chi connectivity index (χ3n) is 2.24. The van der Waals surface area contributed by atoms with Crippen molar-refractivity contribution in [3.8, 4) is 0 Å². The van der Waals surface area contributed by atoms with Crippen LogP contribution in [0.1, 0.15) is 6.42 Å². The van der Waals surface area contributed by atoms with E-state index in [0.29, 0.717) is 0 Å². The lowest BCUT2D eigenvalue weighted by Crippen LogP contribution is -2.58. The van der Waals surface area contributed by atoms with Crippen molar-refractivity contribution < 1.29 is 29.1 Å². The number of nitrogens with two attached hydrogens (primary N) is 1. The number of carboxylic acids is 1. The maximum Gasteiger partial charge on any atom is 0.326 e. The maximum absolute atomic E-state index is 11.7. The predicted octanol–water partition coefficient (Wildman–Crippen LogP) is -3.02. The Kier molecular flexibility index (Phi) is 4.40. The van der Waals surface area contributed by atoms with Gasteiger partial charge in [0.1, 0.15) is 19.1 Å². The molecule has 0 aromatic heterocycles. The van der Waals surface area contributed by atoms with Gasteiger partial charge in [-0.2, -0.15) is 0 Å². The molecule has 10 nitrogen and oxygen atoms in total. The number of urea groups is 1. The fourth-order valence-corrected chi connectivity index (χ4v) is 1.42. The molecule has 1 unspecified atom stereocenters. The number of piperazine rings is 1. The summed E-state index contributed by atoms with van der Waals surface area (Å²) in [6.07, 6.45) is -0.588. The van der Waals surface area contributed by atoms with Crippen LogP contribution in [0.4, 0.5) is 4.79 Å². The van der Waals surface area contributed by atoms with Crippen LogP contribution in [0.25, 0.3) is 0 Å². The summed E-state index contributed by atoms with van der Waals surface area (Å²) < 4.78 is 0. The summed E-state index contributed by atoms with van der Waals surface area (Å²) in [7, 11) is 0. The molecule has 0 radical (unpaired) electrons. The molecule has 1 fully saturated rings. The summed E-state index contributed by atoms with van der Waals surface area (Å²) in [5.41, 5.74) is 4.84. The zero-order chi connectivity index (χ0) is 14.6. The summed E-state index contributed by atoms with van der Waals surface area (Å²) in [5.74, 6) is -3.69. The predicted molar refractivity (Wildman–Crippen MR) is 58.5 cm³/mol. The molecule has 0 aliphatic carbocycles. The number of nitrogens with zero attached hydrogens (tertiary/aromatic N) is 1. The van der Waals surface area contributed by atoms with E-state index in [4.69, 9.17) is 10.8 Å². The summed E-state index contributed by atoms with van der Waals surface area (Å²) in [6, 6.07) is -2.44. The summed E-state index contributed by atoms with van der Waals surface area (Å²) in [4.78, 5) is 56.0. The van der Waals surface area contributed by atoms with Crippen LogP contribution in [0.3, 0.4) is 0 Å². The van der Waals surface area contributed by atoms with Crippen LogP contribution in [0, 0.1) is 0 Å². The van der Waals surface area contributed by atoms with Gasteiger partial charge in [-0.25, -0.2) is 9.59 Å². The number of carbonyl (C=O) groups is 5. The number of primary amides is 1. The lowest BCUT2D eigenvalue weighted by Gasteiger charge is -2.26. The third kappa shape index (κ3) is 4.26. The van der Waals surface area contributed by atoms with Crippen molar-refractivity contribution in [2.45, 2.75) is 12.5 Å². The maximum atomic E-state index is 11.7. The molecular formula is C9H12N4O6. The number of aliphatic carboxylic acids is 1. The molecule has 10 heteroatoms. The second-order valence-corrected chi connectivity index (χ2v) is 3.84. The van der Waals surface area contributed by atoms with E-state index in [1.165, 1.54) is 0 Å². The number of rotatable bonds is 4. The molecule has 5 N–H and O–H groups in total. The van der Waals surface area contributed by atoms with Crippen molar-refractivity contribution in [2.75, 3.05) is 13.1 Å². The second kappa shape index (κ2) is 5.80. The van der Waals surface area contributed by atoms with Crippen molar-refractivity contribution in [1.82, 2.24) is 15.5 Å². The van der Waals surface area contributed by atoms with Crippen LogP contribution in [-0.2, 0) is 19.2 Å². The Balaban J connectivity index is 2.66. The molecule has 0 aromatic carbocycles. The van der Waals surface area contributed by atoms with Gasteiger partial charge in [0, 0.05) is 0 Å². The Bertz CT molecular complexity index is 432. The quantitative estimate of drug-likeness (QED) is 0.399. The molecule has 1 aliphatic rings. The van der Waals surface area contributed by atoms with Gasteiger partial charge in [0.2, 0.25) is 17.7 Å². The van der Waals surface area contributed by atoms with Gasteiger partial charge >= 0.3 is 12.0 Å². The molecule has 0 saturated carbocycles. The van der Waals surface area contributed by atoms with Crippen molar-refractivity contribution in [2.24, 2.45) is 5.73 Å². The fraction of sp³-hybridized carbons (Fsp3) is 0.444. The second-order valence-electron chi connectivity index (χ2n) is 3.84. The van der Waals surface area contributed by atoms with Crippen molar-refractivity contribution in [3.05, 3.63) is 0 Å². The first kappa shape index (κ1) is 14.4. The van der Waals surface area contributed by atoms with E-state index in [1.54, 1.807) is 0 Å². The molecule has 19 heavy (non-hydrogen) atoms. The molecule has 0 bridgehead atoms. The van der Waals surface area contributed by atoms with Gasteiger partial charge in [0.15, 0.2) is 0 Å². The Morgan fingerprint density at radius 3 is 2.26 bits per heavy atom. The van der Waals surface area contributed by atoms with Gasteiger partial charge in [-0.15, -0.1) is 0 Å². The largest absolute Gasteiger partial charge is 0.480 e. The molecule has 0 aromatic rings. The highest BCUT2D eigenvalue weighted by atomic mass is 16.4. The van der Waals surface area contributed by atoms with E-state index in [0.717, 1.165) is 4.90 Å². The normalized spacial score (nSPS) is 16.5. The van der Waals surface area contributed by atoms with E-state index >= 15 is 0 Å². The lowest BCUT2D eigenvalue weighted by molar-refractivity contribution is -0.140. The van der Waals surface area contributed by atoms with Gasteiger partial charge in [-0.3, -0.25) is 19.7 Å². The van der Waals surface area contributed by atoms with E-state index in [1.807, 2.05) is 10.6 Å². The van der Waals surface area contributed by atoms with E-state index in [2.05, 4.69) is 0 Å². The molecule has 5 amide bonds. The first-order valence-electron chi connectivity index (χ1n) is 5.19. The van der Waals surface area contributed by atoms with Crippen molar-refractivity contribution in [3.63, 3.8) is 0 Å². The minimum atomic E-state index is -1.51. The molecule has 1 atom stereocenters. The van der Waals surface area contributed by atoms with Gasteiger partial charge in [0.25, 0.3) is 0 Å². The molecule has 1 heterocycles. The number of amides is 5. The molecule has 1 rings (SSSR count). The summed E-state index contributed by atoms with van der Waals surface area (Å²) >= 11 is 0. The van der Waals surface area contributed by atoms with Crippen molar-refractivity contribution in [1.29, 1.82) is 0 Å². The standard InChI is InChI=1S/C9H12N4O6/c10-5(14)1-4(8(17)18)11-9(19)13-2-6(15)12-7(16)3-13/h4H,1-3H2,(H2,10,14)(H,11,19)(H,17,18)(H,12,15,16). The van der Waals surface area contributed by atoms with Crippen molar-refractivity contribution >= 4 is 29.7 Å². The summed E-state index contributed by atoms with van der Waals surface area (Å²) in [5, 5.41) is 12.8. The summed E-state index contributed by atoms with van der Waals surface area (Å²) in [6.45, 7) is -0.749. The molecule has 1 saturated heterocycles. The highest BCUT2D eigenvalue weighted by Gasteiger charge is 2.29. The number of hydrogen-bond donors (Lipinski definition) is 4. The molecular weight excluding hydrogens is 260 g/mol. The minimum absolute atomic E-state index is 0.375. The number of carboxylic acid groups (broad SMARTS) is 1. The zero-order valence-electron chi connectivity index (χ0n) is 9.71. The first-order valence-corrected chi connectivity index (χ1v) is 5.19. The van der Waals surface area contributed by atoms with Gasteiger partial charge in [0.05, 0.1) is 6.42 Å². The van der Waals surface area contributed by atoms with Crippen LogP contribution in [0.2, 0.25) is 0 Å². The fourth-order valence-electron chi connectivity index (χ4n) is 1.42. The topological polar surface area (TPSA) is 159 Å². The highest BCUT2D eigenvalue weighted by Crippen LogP contribution is 1.99. The number of hydrogen-bond acceptors (Lipinski definition) is 5. The highest BCUT2D eigenvalue weighted by molar-refractivity contribution is 6.02. The van der Waals surface area contributed by atoms with Gasteiger partial charge < -0.3 is 21.1 Å². The van der Waals surface area contributed by atoms with Crippen LogP contribution in [-0.4, -0.2) is 58.9 Å². The van der Waals surface area contributed by atoms with Gasteiger partial charge in [-0.1, -0.05) is 0 Å².